The van der Waals surface area contributed by atoms with Gasteiger partial charge in [0.2, 0.25) is 0 Å². The van der Waals surface area contributed by atoms with Gasteiger partial charge in [-0.3, -0.25) is 4.90 Å². The van der Waals surface area contributed by atoms with Crippen LogP contribution in [-0.4, -0.2) is 37.7 Å². The van der Waals surface area contributed by atoms with Crippen LogP contribution in [0.25, 0.3) is 0 Å². The first-order chi connectivity index (χ1) is 7.89. The van der Waals surface area contributed by atoms with Crippen molar-refractivity contribution in [3.8, 4) is 5.75 Å². The molecule has 1 rings (SSSR count). The van der Waals surface area contributed by atoms with Crippen molar-refractivity contribution >= 4 is 0 Å². The summed E-state index contributed by atoms with van der Waals surface area (Å²) in [7, 11) is 4.05. The highest BCUT2D eigenvalue weighted by Crippen LogP contribution is 2.21. The molecule has 2 N–H and O–H groups in total. The maximum absolute atomic E-state index is 5.89. The number of nitrogens with two attached hydrogens (primary N) is 1. The van der Waals surface area contributed by atoms with Crippen LogP contribution in [0.5, 0.6) is 5.75 Å². The van der Waals surface area contributed by atoms with E-state index in [0.717, 1.165) is 5.75 Å². The monoisotopic (exact) mass is 236 g/mol. The molecule has 0 aliphatic heterocycles. The SMILES string of the molecule is Cc1ccc(OCC(C)(CN)N(C)C)c(C)c1. The zero-order valence-corrected chi connectivity index (χ0v) is 11.6. The second-order valence-corrected chi connectivity index (χ2v) is 5.15. The number of hydrogen-bond acceptors (Lipinski definition) is 3. The van der Waals surface area contributed by atoms with Gasteiger partial charge in [-0.05, 0) is 46.5 Å². The number of aryl methyl sites for hydroxylation is 2. The molecule has 1 unspecified atom stereocenters. The summed E-state index contributed by atoms with van der Waals surface area (Å²) < 4.78 is 5.89. The average Bonchev–Trinajstić information content (AvgIpc) is 2.27. The maximum atomic E-state index is 5.89. The Bertz CT molecular complexity index is 376. The summed E-state index contributed by atoms with van der Waals surface area (Å²) in [5.74, 6) is 0.942. The second-order valence-electron chi connectivity index (χ2n) is 5.15. The maximum Gasteiger partial charge on any atom is 0.122 e. The third-order valence-corrected chi connectivity index (χ3v) is 3.39. The van der Waals surface area contributed by atoms with Crippen LogP contribution < -0.4 is 10.5 Å². The van der Waals surface area contributed by atoms with Gasteiger partial charge in [0.15, 0.2) is 0 Å². The Balaban J connectivity index is 2.73. The van der Waals surface area contributed by atoms with Gasteiger partial charge < -0.3 is 10.5 Å². The molecule has 0 aliphatic carbocycles. The van der Waals surface area contributed by atoms with Crippen LogP contribution in [0, 0.1) is 13.8 Å². The Kier molecular flexibility index (Phi) is 4.54. The first kappa shape index (κ1) is 14.0. The van der Waals surface area contributed by atoms with Crippen molar-refractivity contribution in [3.05, 3.63) is 29.3 Å². The van der Waals surface area contributed by atoms with Gasteiger partial charge in [0.25, 0.3) is 0 Å². The minimum atomic E-state index is -0.128. The lowest BCUT2D eigenvalue weighted by Gasteiger charge is -2.35. The molecule has 0 aliphatic rings. The molecule has 1 atom stereocenters. The Morgan fingerprint density at radius 2 is 1.94 bits per heavy atom. The third kappa shape index (κ3) is 3.45. The van der Waals surface area contributed by atoms with Crippen LogP contribution >= 0.6 is 0 Å². The fourth-order valence-corrected chi connectivity index (χ4v) is 1.57. The van der Waals surface area contributed by atoms with Crippen LogP contribution in [0.2, 0.25) is 0 Å². The highest BCUT2D eigenvalue weighted by molar-refractivity contribution is 5.35. The van der Waals surface area contributed by atoms with Gasteiger partial charge in [-0.15, -0.1) is 0 Å². The third-order valence-electron chi connectivity index (χ3n) is 3.39. The van der Waals surface area contributed by atoms with E-state index in [4.69, 9.17) is 10.5 Å². The lowest BCUT2D eigenvalue weighted by atomic mass is 10.0. The van der Waals surface area contributed by atoms with Crippen molar-refractivity contribution in [2.45, 2.75) is 26.3 Å². The van der Waals surface area contributed by atoms with Gasteiger partial charge in [0.05, 0.1) is 5.54 Å². The number of hydrogen-bond donors (Lipinski definition) is 1. The van der Waals surface area contributed by atoms with Gasteiger partial charge in [-0.2, -0.15) is 0 Å². The largest absolute Gasteiger partial charge is 0.491 e. The highest BCUT2D eigenvalue weighted by atomic mass is 16.5. The van der Waals surface area contributed by atoms with E-state index < -0.39 is 0 Å². The van der Waals surface area contributed by atoms with Crippen molar-refractivity contribution in [2.24, 2.45) is 5.73 Å². The van der Waals surface area contributed by atoms with Crippen LogP contribution in [0.3, 0.4) is 0 Å². The van der Waals surface area contributed by atoms with E-state index in [1.165, 1.54) is 11.1 Å². The first-order valence-corrected chi connectivity index (χ1v) is 5.96. The number of benzene rings is 1. The number of rotatable bonds is 5. The van der Waals surface area contributed by atoms with Crippen LogP contribution in [0.15, 0.2) is 18.2 Å². The van der Waals surface area contributed by atoms with Crippen molar-refractivity contribution in [3.63, 3.8) is 0 Å². The molecule has 0 aromatic heterocycles. The van der Waals surface area contributed by atoms with Gasteiger partial charge in [-0.25, -0.2) is 0 Å². The van der Waals surface area contributed by atoms with E-state index in [1.807, 2.05) is 20.2 Å². The van der Waals surface area contributed by atoms with Crippen molar-refractivity contribution in [2.75, 3.05) is 27.2 Å². The van der Waals surface area contributed by atoms with E-state index in [9.17, 15) is 0 Å². The zero-order valence-electron chi connectivity index (χ0n) is 11.6. The molecule has 1 aromatic carbocycles. The molecule has 0 heterocycles. The van der Waals surface area contributed by atoms with Gasteiger partial charge in [0.1, 0.15) is 12.4 Å². The standard InChI is InChI=1S/C14H24N2O/c1-11-6-7-13(12(2)8-11)17-10-14(3,9-15)16(4)5/h6-8H,9-10,15H2,1-5H3. The lowest BCUT2D eigenvalue weighted by molar-refractivity contribution is 0.104. The van der Waals surface area contributed by atoms with Gasteiger partial charge in [0, 0.05) is 6.54 Å². The molecule has 0 saturated heterocycles. The van der Waals surface area contributed by atoms with Crippen LogP contribution in [-0.2, 0) is 0 Å². The number of nitrogens with zero attached hydrogens (tertiary/aromatic N) is 1. The van der Waals surface area contributed by atoms with E-state index in [2.05, 4.69) is 37.8 Å². The molecular weight excluding hydrogens is 212 g/mol. The average molecular weight is 236 g/mol. The summed E-state index contributed by atoms with van der Waals surface area (Å²) in [5.41, 5.74) is 8.11. The predicted molar refractivity (Wildman–Crippen MR) is 72.6 cm³/mol. The molecular formula is C14H24N2O. The summed E-state index contributed by atoms with van der Waals surface area (Å²) in [4.78, 5) is 2.11. The summed E-state index contributed by atoms with van der Waals surface area (Å²) >= 11 is 0. The van der Waals surface area contributed by atoms with Crippen molar-refractivity contribution in [1.29, 1.82) is 0 Å². The number of likely N-dealkylation sites (N-methyl/N-ethyl adjacent to an activating group) is 1. The predicted octanol–water partition coefficient (Wildman–Crippen LogP) is 1.96. The molecule has 17 heavy (non-hydrogen) atoms. The molecule has 0 fully saturated rings. The molecule has 96 valence electrons. The molecule has 3 heteroatoms. The zero-order chi connectivity index (χ0) is 13.1. The molecule has 0 bridgehead atoms. The Hall–Kier alpha value is -1.06. The Morgan fingerprint density at radius 1 is 1.29 bits per heavy atom. The molecule has 0 amide bonds. The van der Waals surface area contributed by atoms with E-state index >= 15 is 0 Å². The topological polar surface area (TPSA) is 38.5 Å². The molecule has 0 radical (unpaired) electrons. The molecule has 3 nitrogen and oxygen atoms in total. The van der Waals surface area contributed by atoms with Gasteiger partial charge >= 0.3 is 0 Å². The Morgan fingerprint density at radius 3 is 2.41 bits per heavy atom. The van der Waals surface area contributed by atoms with Crippen molar-refractivity contribution < 1.29 is 4.74 Å². The fraction of sp³-hybridized carbons (Fsp3) is 0.571. The number of ether oxygens (including phenoxy) is 1. The van der Waals surface area contributed by atoms with E-state index in [0.29, 0.717) is 13.2 Å². The first-order valence-electron chi connectivity index (χ1n) is 5.96. The highest BCUT2D eigenvalue weighted by Gasteiger charge is 2.26. The summed E-state index contributed by atoms with van der Waals surface area (Å²) in [6, 6.07) is 6.22. The van der Waals surface area contributed by atoms with E-state index in [1.54, 1.807) is 0 Å². The van der Waals surface area contributed by atoms with Crippen molar-refractivity contribution in [1.82, 2.24) is 4.90 Å². The second kappa shape index (κ2) is 5.52. The minimum Gasteiger partial charge on any atom is -0.491 e. The normalized spacial score (nSPS) is 14.8. The molecule has 0 saturated carbocycles. The smallest absolute Gasteiger partial charge is 0.122 e. The molecule has 0 spiro atoms. The van der Waals surface area contributed by atoms with E-state index in [-0.39, 0.29) is 5.54 Å². The Labute approximate surface area is 105 Å². The minimum absolute atomic E-state index is 0.128. The van der Waals surface area contributed by atoms with Crippen LogP contribution in [0.1, 0.15) is 18.1 Å². The summed E-state index contributed by atoms with van der Waals surface area (Å²) in [6.45, 7) is 7.43. The fourth-order valence-electron chi connectivity index (χ4n) is 1.57. The summed E-state index contributed by atoms with van der Waals surface area (Å²) in [6.07, 6.45) is 0. The lowest BCUT2D eigenvalue weighted by Crippen LogP contribution is -2.52. The molecule has 1 aromatic rings. The van der Waals surface area contributed by atoms with Crippen LogP contribution in [0.4, 0.5) is 0 Å². The quantitative estimate of drug-likeness (QED) is 0.849. The van der Waals surface area contributed by atoms with Gasteiger partial charge in [-0.1, -0.05) is 17.7 Å². The summed E-state index contributed by atoms with van der Waals surface area (Å²) in [5, 5.41) is 0.